The van der Waals surface area contributed by atoms with E-state index in [1.165, 1.54) is 19.4 Å². The van der Waals surface area contributed by atoms with Crippen LogP contribution in [0.25, 0.3) is 0 Å². The van der Waals surface area contributed by atoms with Crippen LogP contribution in [-0.2, 0) is 10.0 Å². The van der Waals surface area contributed by atoms with E-state index in [1.54, 1.807) is 0 Å². The SMILES string of the molecule is CC(C)NCCCS(=O)(=O)NC1CCN2CCCC2C1. The number of nitrogens with one attached hydrogen (secondary N) is 2. The minimum Gasteiger partial charge on any atom is -0.314 e. The van der Waals surface area contributed by atoms with E-state index in [2.05, 4.69) is 28.8 Å². The zero-order valence-corrected chi connectivity index (χ0v) is 13.6. The van der Waals surface area contributed by atoms with E-state index in [1.807, 2.05) is 0 Å². The topological polar surface area (TPSA) is 61.4 Å². The van der Waals surface area contributed by atoms with Gasteiger partial charge in [0.1, 0.15) is 0 Å². The number of fused-ring (bicyclic) bond motifs is 1. The number of rotatable bonds is 7. The third kappa shape index (κ3) is 4.98. The van der Waals surface area contributed by atoms with Crippen molar-refractivity contribution in [1.29, 1.82) is 0 Å². The molecule has 2 atom stereocenters. The van der Waals surface area contributed by atoms with Crippen molar-refractivity contribution < 1.29 is 8.42 Å². The molecular formula is C14H29N3O2S. The fourth-order valence-corrected chi connectivity index (χ4v) is 4.66. The Morgan fingerprint density at radius 3 is 2.80 bits per heavy atom. The van der Waals surface area contributed by atoms with Crippen molar-refractivity contribution in [2.45, 2.75) is 64.1 Å². The van der Waals surface area contributed by atoms with Crippen LogP contribution in [-0.4, -0.2) is 56.8 Å². The second-order valence-electron chi connectivity index (χ2n) is 6.45. The molecule has 0 aromatic heterocycles. The summed E-state index contributed by atoms with van der Waals surface area (Å²) in [5, 5.41) is 3.25. The predicted octanol–water partition coefficient (Wildman–Crippen LogP) is 0.921. The molecule has 2 aliphatic rings. The summed E-state index contributed by atoms with van der Waals surface area (Å²) >= 11 is 0. The van der Waals surface area contributed by atoms with Crippen LogP contribution in [0.4, 0.5) is 0 Å². The summed E-state index contributed by atoms with van der Waals surface area (Å²) in [7, 11) is -3.12. The van der Waals surface area contributed by atoms with E-state index in [4.69, 9.17) is 0 Å². The number of hydrogen-bond donors (Lipinski definition) is 2. The maximum atomic E-state index is 12.1. The number of piperidine rings is 1. The zero-order valence-electron chi connectivity index (χ0n) is 12.8. The van der Waals surface area contributed by atoms with Crippen molar-refractivity contribution in [2.24, 2.45) is 0 Å². The first-order valence-corrected chi connectivity index (χ1v) is 9.59. The van der Waals surface area contributed by atoms with Crippen LogP contribution in [0.1, 0.15) is 46.0 Å². The van der Waals surface area contributed by atoms with Crippen molar-refractivity contribution in [3.63, 3.8) is 0 Å². The average molecular weight is 303 g/mol. The summed E-state index contributed by atoms with van der Waals surface area (Å²) in [6, 6.07) is 1.17. The fourth-order valence-electron chi connectivity index (χ4n) is 3.30. The van der Waals surface area contributed by atoms with Crippen molar-refractivity contribution in [3.05, 3.63) is 0 Å². The molecule has 0 bridgehead atoms. The Hall–Kier alpha value is -0.170. The van der Waals surface area contributed by atoms with Crippen molar-refractivity contribution >= 4 is 10.0 Å². The van der Waals surface area contributed by atoms with Crippen LogP contribution < -0.4 is 10.0 Å². The van der Waals surface area contributed by atoms with Crippen LogP contribution in [0.3, 0.4) is 0 Å². The van der Waals surface area contributed by atoms with E-state index in [-0.39, 0.29) is 11.8 Å². The highest BCUT2D eigenvalue weighted by molar-refractivity contribution is 7.89. The third-order valence-electron chi connectivity index (χ3n) is 4.31. The number of nitrogens with zero attached hydrogens (tertiary/aromatic N) is 1. The molecule has 0 spiro atoms. The zero-order chi connectivity index (χ0) is 14.6. The second kappa shape index (κ2) is 7.20. The molecule has 0 saturated carbocycles. The Morgan fingerprint density at radius 1 is 1.25 bits per heavy atom. The van der Waals surface area contributed by atoms with Gasteiger partial charge in [-0.1, -0.05) is 13.8 Å². The highest BCUT2D eigenvalue weighted by Crippen LogP contribution is 2.27. The lowest BCUT2D eigenvalue weighted by molar-refractivity contribution is 0.176. The van der Waals surface area contributed by atoms with Crippen molar-refractivity contribution in [3.8, 4) is 0 Å². The maximum Gasteiger partial charge on any atom is 0.211 e. The average Bonchev–Trinajstić information content (AvgIpc) is 2.81. The van der Waals surface area contributed by atoms with Gasteiger partial charge in [0.15, 0.2) is 0 Å². The molecular weight excluding hydrogens is 274 g/mol. The molecule has 0 amide bonds. The van der Waals surface area contributed by atoms with Gasteiger partial charge in [-0.15, -0.1) is 0 Å². The molecule has 118 valence electrons. The van der Waals surface area contributed by atoms with E-state index in [0.717, 1.165) is 25.9 Å². The Labute approximate surface area is 123 Å². The minimum atomic E-state index is -3.12. The minimum absolute atomic E-state index is 0.150. The standard InChI is InChI=1S/C14H29N3O2S/c1-12(2)15-7-4-10-20(18,19)16-13-6-9-17-8-3-5-14(17)11-13/h12-16H,3-11H2,1-2H3. The van der Waals surface area contributed by atoms with Gasteiger partial charge in [-0.25, -0.2) is 13.1 Å². The molecule has 2 rings (SSSR count). The molecule has 2 heterocycles. The summed E-state index contributed by atoms with van der Waals surface area (Å²) in [6.07, 6.45) is 5.13. The quantitative estimate of drug-likeness (QED) is 0.687. The Bertz CT molecular complexity index is 397. The Morgan fingerprint density at radius 2 is 2.05 bits per heavy atom. The normalized spacial score (nSPS) is 27.9. The van der Waals surface area contributed by atoms with Gasteiger partial charge in [0.2, 0.25) is 10.0 Å². The lowest BCUT2D eigenvalue weighted by atomic mass is 9.99. The summed E-state index contributed by atoms with van der Waals surface area (Å²) < 4.78 is 27.1. The van der Waals surface area contributed by atoms with Crippen LogP contribution in [0.5, 0.6) is 0 Å². The molecule has 2 N–H and O–H groups in total. The molecule has 2 unspecified atom stereocenters. The summed E-state index contributed by atoms with van der Waals surface area (Å²) in [6.45, 7) is 7.15. The lowest BCUT2D eigenvalue weighted by Crippen LogP contribution is -2.47. The third-order valence-corrected chi connectivity index (χ3v) is 5.83. The molecule has 2 saturated heterocycles. The largest absolute Gasteiger partial charge is 0.314 e. The van der Waals surface area contributed by atoms with Gasteiger partial charge in [0.25, 0.3) is 0 Å². The molecule has 0 radical (unpaired) electrons. The van der Waals surface area contributed by atoms with Crippen LogP contribution >= 0.6 is 0 Å². The Kier molecular flexibility index (Phi) is 5.84. The number of sulfonamides is 1. The van der Waals surface area contributed by atoms with Gasteiger partial charge < -0.3 is 10.2 Å². The highest BCUT2D eigenvalue weighted by atomic mass is 32.2. The fraction of sp³-hybridized carbons (Fsp3) is 1.00. The summed E-state index contributed by atoms with van der Waals surface area (Å²) in [5.74, 6) is 0.234. The predicted molar refractivity (Wildman–Crippen MR) is 82.3 cm³/mol. The molecule has 6 heteroatoms. The molecule has 0 aromatic rings. The van der Waals surface area contributed by atoms with Crippen LogP contribution in [0.15, 0.2) is 0 Å². The van der Waals surface area contributed by atoms with Crippen molar-refractivity contribution in [2.75, 3.05) is 25.4 Å². The Balaban J connectivity index is 1.71. The molecule has 0 aromatic carbocycles. The highest BCUT2D eigenvalue weighted by Gasteiger charge is 2.33. The lowest BCUT2D eigenvalue weighted by Gasteiger charge is -2.34. The van der Waals surface area contributed by atoms with Crippen molar-refractivity contribution in [1.82, 2.24) is 14.9 Å². The van der Waals surface area contributed by atoms with E-state index < -0.39 is 10.0 Å². The summed E-state index contributed by atoms with van der Waals surface area (Å²) in [4.78, 5) is 2.51. The van der Waals surface area contributed by atoms with Gasteiger partial charge >= 0.3 is 0 Å². The van der Waals surface area contributed by atoms with Gasteiger partial charge in [0, 0.05) is 18.1 Å². The van der Waals surface area contributed by atoms with Gasteiger partial charge in [0.05, 0.1) is 5.75 Å². The number of hydrogen-bond acceptors (Lipinski definition) is 4. The van der Waals surface area contributed by atoms with Crippen LogP contribution in [0, 0.1) is 0 Å². The van der Waals surface area contributed by atoms with Gasteiger partial charge in [-0.05, 0) is 51.7 Å². The second-order valence-corrected chi connectivity index (χ2v) is 8.33. The maximum absolute atomic E-state index is 12.1. The van der Waals surface area contributed by atoms with E-state index in [0.29, 0.717) is 18.5 Å². The first kappa shape index (κ1) is 16.2. The molecule has 0 aliphatic carbocycles. The molecule has 20 heavy (non-hydrogen) atoms. The molecule has 2 fully saturated rings. The van der Waals surface area contributed by atoms with Gasteiger partial charge in [-0.3, -0.25) is 0 Å². The van der Waals surface area contributed by atoms with E-state index in [9.17, 15) is 8.42 Å². The first-order valence-electron chi connectivity index (χ1n) is 7.94. The van der Waals surface area contributed by atoms with Crippen LogP contribution in [0.2, 0.25) is 0 Å². The monoisotopic (exact) mass is 303 g/mol. The first-order chi connectivity index (χ1) is 9.46. The summed E-state index contributed by atoms with van der Waals surface area (Å²) in [5.41, 5.74) is 0. The smallest absolute Gasteiger partial charge is 0.211 e. The molecule has 2 aliphatic heterocycles. The van der Waals surface area contributed by atoms with Gasteiger partial charge in [-0.2, -0.15) is 0 Å². The molecule has 5 nitrogen and oxygen atoms in total. The van der Waals surface area contributed by atoms with E-state index >= 15 is 0 Å².